The van der Waals surface area contributed by atoms with Gasteiger partial charge in [0.2, 0.25) is 5.91 Å². The fraction of sp³-hybridized carbons (Fsp3) is 0.867. The van der Waals surface area contributed by atoms with Crippen molar-refractivity contribution in [2.75, 3.05) is 0 Å². The Hall–Kier alpha value is -1.06. The molecule has 4 aliphatic rings. The van der Waals surface area contributed by atoms with E-state index < -0.39 is 5.97 Å². The molecule has 0 spiro atoms. The highest BCUT2D eigenvalue weighted by molar-refractivity contribution is 5.74. The predicted molar refractivity (Wildman–Crippen MR) is 70.5 cm³/mol. The van der Waals surface area contributed by atoms with E-state index in [-0.39, 0.29) is 23.3 Å². The van der Waals surface area contributed by atoms with Crippen LogP contribution in [-0.2, 0) is 9.59 Å². The minimum absolute atomic E-state index is 0.0194. The van der Waals surface area contributed by atoms with Crippen LogP contribution in [0.4, 0.5) is 0 Å². The van der Waals surface area contributed by atoms with Crippen molar-refractivity contribution in [1.29, 1.82) is 0 Å². The molecule has 0 heterocycles. The monoisotopic (exact) mass is 265 g/mol. The molecule has 4 fully saturated rings. The Balaban J connectivity index is 1.80. The maximum atomic E-state index is 11.5. The number of hydrogen-bond donors (Lipinski definition) is 2. The number of amides is 1. The molecule has 4 rings (SSSR count). The molecule has 4 saturated carbocycles. The van der Waals surface area contributed by atoms with Gasteiger partial charge < -0.3 is 10.4 Å². The lowest BCUT2D eigenvalue weighted by atomic mass is 9.46. The number of hydrogen-bond acceptors (Lipinski definition) is 2. The summed E-state index contributed by atoms with van der Waals surface area (Å²) in [6.45, 7) is 1.60. The first-order valence-corrected chi connectivity index (χ1v) is 7.41. The van der Waals surface area contributed by atoms with Gasteiger partial charge in [-0.1, -0.05) is 0 Å². The van der Waals surface area contributed by atoms with Crippen molar-refractivity contribution in [3.8, 4) is 0 Å². The van der Waals surface area contributed by atoms with Gasteiger partial charge in [-0.05, 0) is 62.2 Å². The van der Waals surface area contributed by atoms with Crippen molar-refractivity contribution in [2.24, 2.45) is 17.3 Å². The van der Waals surface area contributed by atoms with Gasteiger partial charge in [0.1, 0.15) is 0 Å². The first-order chi connectivity index (χ1) is 8.90. The Morgan fingerprint density at radius 1 is 1.21 bits per heavy atom. The Morgan fingerprint density at radius 3 is 2.37 bits per heavy atom. The summed E-state index contributed by atoms with van der Waals surface area (Å²) in [6, 6.07) is 0. The lowest BCUT2D eigenvalue weighted by Gasteiger charge is -2.62. The zero-order chi connectivity index (χ0) is 13.7. The van der Waals surface area contributed by atoms with Crippen LogP contribution in [0.3, 0.4) is 0 Å². The lowest BCUT2D eigenvalue weighted by Crippen LogP contribution is -2.62. The van der Waals surface area contributed by atoms with E-state index in [4.69, 9.17) is 5.11 Å². The van der Waals surface area contributed by atoms with Crippen molar-refractivity contribution in [3.05, 3.63) is 0 Å². The number of aliphatic carboxylic acids is 1. The van der Waals surface area contributed by atoms with Gasteiger partial charge in [-0.3, -0.25) is 9.59 Å². The molecule has 0 saturated heterocycles. The molecule has 4 atom stereocenters. The number of carboxylic acid groups (broad SMARTS) is 1. The summed E-state index contributed by atoms with van der Waals surface area (Å²) in [5, 5.41) is 12.2. The van der Waals surface area contributed by atoms with E-state index in [1.54, 1.807) is 6.92 Å². The molecule has 4 heteroatoms. The quantitative estimate of drug-likeness (QED) is 0.819. The van der Waals surface area contributed by atoms with E-state index in [1.165, 1.54) is 19.3 Å². The molecule has 0 aromatic rings. The normalized spacial score (nSPS) is 43.2. The van der Waals surface area contributed by atoms with Crippen LogP contribution in [0.1, 0.15) is 58.3 Å². The maximum absolute atomic E-state index is 11.5. The molecule has 0 aromatic carbocycles. The first-order valence-electron chi connectivity index (χ1n) is 7.41. The standard InChI is InChI=1S/C15H23NO3/c1-10(17)16-15-7-11-4-12(8-15)6-14(5-11,9-15)3-2-13(18)19/h11-12H,2-9H2,1H3,(H,16,17)(H,18,19)/t11-,12+,14?,15?. The minimum Gasteiger partial charge on any atom is -0.481 e. The van der Waals surface area contributed by atoms with E-state index in [0.29, 0.717) is 11.8 Å². The zero-order valence-corrected chi connectivity index (χ0v) is 11.6. The summed E-state index contributed by atoms with van der Waals surface area (Å²) in [5.74, 6) is 0.767. The SMILES string of the molecule is CC(=O)NC12C[C@@H]3C[C@@H](CC(CCC(=O)O)(C3)C1)C2. The average molecular weight is 265 g/mol. The van der Waals surface area contributed by atoms with Crippen LogP contribution in [0, 0.1) is 17.3 Å². The van der Waals surface area contributed by atoms with Crippen LogP contribution in [0.2, 0.25) is 0 Å². The third-order valence-electron chi connectivity index (χ3n) is 5.49. The average Bonchev–Trinajstić information content (AvgIpc) is 2.22. The number of rotatable bonds is 4. The van der Waals surface area contributed by atoms with Gasteiger partial charge in [0.05, 0.1) is 0 Å². The van der Waals surface area contributed by atoms with E-state index in [9.17, 15) is 9.59 Å². The van der Waals surface area contributed by atoms with Crippen LogP contribution in [0.15, 0.2) is 0 Å². The maximum Gasteiger partial charge on any atom is 0.303 e. The molecule has 19 heavy (non-hydrogen) atoms. The highest BCUT2D eigenvalue weighted by Gasteiger charge is 2.57. The van der Waals surface area contributed by atoms with Gasteiger partial charge in [0.25, 0.3) is 0 Å². The van der Waals surface area contributed by atoms with Crippen molar-refractivity contribution >= 4 is 11.9 Å². The van der Waals surface area contributed by atoms with Crippen LogP contribution in [0.25, 0.3) is 0 Å². The van der Waals surface area contributed by atoms with Crippen molar-refractivity contribution in [3.63, 3.8) is 0 Å². The van der Waals surface area contributed by atoms with Crippen LogP contribution < -0.4 is 5.32 Å². The van der Waals surface area contributed by atoms with E-state index >= 15 is 0 Å². The van der Waals surface area contributed by atoms with Gasteiger partial charge in [-0.15, -0.1) is 0 Å². The van der Waals surface area contributed by atoms with Gasteiger partial charge in [0.15, 0.2) is 0 Å². The van der Waals surface area contributed by atoms with Gasteiger partial charge in [0, 0.05) is 18.9 Å². The van der Waals surface area contributed by atoms with Crippen LogP contribution >= 0.6 is 0 Å². The largest absolute Gasteiger partial charge is 0.481 e. The molecular formula is C15H23NO3. The summed E-state index contributed by atoms with van der Waals surface area (Å²) in [4.78, 5) is 22.4. The molecule has 4 nitrogen and oxygen atoms in total. The summed E-state index contributed by atoms with van der Waals surface area (Å²) >= 11 is 0. The Morgan fingerprint density at radius 2 is 1.84 bits per heavy atom. The first kappa shape index (κ1) is 12.9. The van der Waals surface area contributed by atoms with Gasteiger partial charge in [-0.2, -0.15) is 0 Å². The zero-order valence-electron chi connectivity index (χ0n) is 11.6. The second-order valence-corrected chi connectivity index (χ2v) is 7.32. The molecule has 4 aliphatic carbocycles. The van der Waals surface area contributed by atoms with Crippen molar-refractivity contribution in [1.82, 2.24) is 5.32 Å². The van der Waals surface area contributed by atoms with E-state index in [1.807, 2.05) is 0 Å². The highest BCUT2D eigenvalue weighted by atomic mass is 16.4. The third kappa shape index (κ3) is 2.37. The molecule has 2 unspecified atom stereocenters. The second kappa shape index (κ2) is 4.22. The van der Waals surface area contributed by atoms with E-state index in [2.05, 4.69) is 5.32 Å². The summed E-state index contributed by atoms with van der Waals surface area (Å²) in [7, 11) is 0. The second-order valence-electron chi connectivity index (χ2n) is 7.32. The fourth-order valence-corrected chi connectivity index (χ4v) is 5.64. The molecule has 1 amide bonds. The molecule has 0 radical (unpaired) electrons. The topological polar surface area (TPSA) is 66.4 Å². The van der Waals surface area contributed by atoms with Gasteiger partial charge in [-0.25, -0.2) is 0 Å². The highest BCUT2D eigenvalue weighted by Crippen LogP contribution is 2.63. The van der Waals surface area contributed by atoms with Crippen LogP contribution in [0.5, 0.6) is 0 Å². The Labute approximate surface area is 113 Å². The Bertz CT molecular complexity index is 404. The Kier molecular flexibility index (Phi) is 2.88. The molecule has 0 aromatic heterocycles. The van der Waals surface area contributed by atoms with E-state index in [0.717, 1.165) is 25.7 Å². The third-order valence-corrected chi connectivity index (χ3v) is 5.49. The molecular weight excluding hydrogens is 242 g/mol. The smallest absolute Gasteiger partial charge is 0.303 e. The minimum atomic E-state index is -0.690. The van der Waals surface area contributed by atoms with Crippen molar-refractivity contribution < 1.29 is 14.7 Å². The van der Waals surface area contributed by atoms with Gasteiger partial charge >= 0.3 is 5.97 Å². The van der Waals surface area contributed by atoms with Crippen LogP contribution in [-0.4, -0.2) is 22.5 Å². The van der Waals surface area contributed by atoms with Crippen molar-refractivity contribution in [2.45, 2.75) is 63.8 Å². The predicted octanol–water partition coefficient (Wildman–Crippen LogP) is 2.33. The summed E-state index contributed by atoms with van der Waals surface area (Å²) < 4.78 is 0. The molecule has 106 valence electrons. The molecule has 0 aliphatic heterocycles. The molecule has 2 N–H and O–H groups in total. The lowest BCUT2D eigenvalue weighted by molar-refractivity contribution is -0.141. The fourth-order valence-electron chi connectivity index (χ4n) is 5.64. The molecule has 4 bridgehead atoms. The number of nitrogens with one attached hydrogen (secondary N) is 1. The number of carboxylic acids is 1. The summed E-state index contributed by atoms with van der Waals surface area (Å²) in [6.07, 6.45) is 7.92. The number of carbonyl (C=O) groups is 2. The number of carbonyl (C=O) groups excluding carboxylic acids is 1. The summed E-state index contributed by atoms with van der Waals surface area (Å²) in [5.41, 5.74) is 0.166.